The Hall–Kier alpha value is -2.47. The lowest BCUT2D eigenvalue weighted by atomic mass is 10.1. The normalized spacial score (nSPS) is 13.6. The number of primary amides is 1. The minimum Gasteiger partial charge on any atom is -0.363 e. The number of benzene rings is 1. The third kappa shape index (κ3) is 2.78. The lowest BCUT2D eigenvalue weighted by Gasteiger charge is -2.28. The van der Waals surface area contributed by atoms with Gasteiger partial charge in [-0.1, -0.05) is 17.7 Å². The van der Waals surface area contributed by atoms with Crippen molar-refractivity contribution in [1.29, 1.82) is 0 Å². The maximum absolute atomic E-state index is 12.5. The first-order chi connectivity index (χ1) is 10.5. The molecule has 22 heavy (non-hydrogen) atoms. The van der Waals surface area contributed by atoms with Crippen LogP contribution in [0.2, 0.25) is 5.02 Å². The zero-order valence-electron chi connectivity index (χ0n) is 11.6. The van der Waals surface area contributed by atoms with Gasteiger partial charge in [-0.15, -0.1) is 0 Å². The predicted molar refractivity (Wildman–Crippen MR) is 80.4 cm³/mol. The monoisotopic (exact) mass is 316 g/mol. The average Bonchev–Trinajstić information content (AvgIpc) is 2.53. The van der Waals surface area contributed by atoms with Crippen molar-refractivity contribution in [2.24, 2.45) is 5.73 Å². The Kier molecular flexibility index (Phi) is 3.77. The summed E-state index contributed by atoms with van der Waals surface area (Å²) in [5, 5.41) is 0.515. The zero-order chi connectivity index (χ0) is 15.7. The summed E-state index contributed by atoms with van der Waals surface area (Å²) in [6, 6.07) is 6.81. The molecule has 0 unspecified atom stereocenters. The highest BCUT2D eigenvalue weighted by Gasteiger charge is 2.24. The van der Waals surface area contributed by atoms with Gasteiger partial charge in [0.2, 0.25) is 5.82 Å². The number of hydrogen-bond acceptors (Lipinski definition) is 4. The van der Waals surface area contributed by atoms with Gasteiger partial charge in [0, 0.05) is 23.3 Å². The van der Waals surface area contributed by atoms with E-state index in [1.807, 2.05) is 0 Å². The van der Waals surface area contributed by atoms with Crippen LogP contribution in [0.4, 0.5) is 0 Å². The van der Waals surface area contributed by atoms with Crippen LogP contribution in [-0.2, 0) is 13.0 Å². The molecule has 0 bridgehead atoms. The molecule has 0 aliphatic carbocycles. The van der Waals surface area contributed by atoms with Crippen LogP contribution in [0.1, 0.15) is 32.2 Å². The molecule has 2 amide bonds. The molecule has 7 heteroatoms. The van der Waals surface area contributed by atoms with Crippen molar-refractivity contribution in [2.75, 3.05) is 6.54 Å². The smallest absolute Gasteiger partial charge is 0.286 e. The number of nitrogens with two attached hydrogens (primary N) is 1. The molecule has 1 aromatic heterocycles. The predicted octanol–water partition coefficient (Wildman–Crippen LogP) is 1.43. The van der Waals surface area contributed by atoms with E-state index in [9.17, 15) is 9.59 Å². The summed E-state index contributed by atoms with van der Waals surface area (Å²) in [7, 11) is 0. The Morgan fingerprint density at radius 1 is 1.32 bits per heavy atom. The van der Waals surface area contributed by atoms with Crippen LogP contribution in [0.5, 0.6) is 0 Å². The van der Waals surface area contributed by atoms with Crippen molar-refractivity contribution in [2.45, 2.75) is 13.0 Å². The van der Waals surface area contributed by atoms with E-state index in [-0.39, 0.29) is 11.7 Å². The van der Waals surface area contributed by atoms with Gasteiger partial charge in [0.25, 0.3) is 11.8 Å². The molecular formula is C15H13ClN4O2. The lowest BCUT2D eigenvalue weighted by Crippen LogP contribution is -2.37. The number of nitrogens with zero attached hydrogens (tertiary/aromatic N) is 3. The second kappa shape index (κ2) is 5.73. The number of amides is 2. The van der Waals surface area contributed by atoms with Crippen LogP contribution < -0.4 is 5.73 Å². The first kappa shape index (κ1) is 14.5. The Morgan fingerprint density at radius 3 is 2.86 bits per heavy atom. The third-order valence-electron chi connectivity index (χ3n) is 3.53. The van der Waals surface area contributed by atoms with Crippen molar-refractivity contribution >= 4 is 23.4 Å². The maximum atomic E-state index is 12.5. The SMILES string of the molecule is NC(=O)c1ncc2c(n1)CN(C(=O)c1cccc(Cl)c1)CC2. The first-order valence-corrected chi connectivity index (χ1v) is 7.12. The average molecular weight is 317 g/mol. The summed E-state index contributed by atoms with van der Waals surface area (Å²) in [5.74, 6) is -0.829. The van der Waals surface area contributed by atoms with Gasteiger partial charge in [-0.2, -0.15) is 0 Å². The van der Waals surface area contributed by atoms with Crippen LogP contribution in [0, 0.1) is 0 Å². The number of rotatable bonds is 2. The molecule has 0 fully saturated rings. The van der Waals surface area contributed by atoms with Crippen LogP contribution in [0.15, 0.2) is 30.5 Å². The topological polar surface area (TPSA) is 89.2 Å². The van der Waals surface area contributed by atoms with E-state index in [0.29, 0.717) is 35.8 Å². The molecule has 0 saturated heterocycles. The molecule has 2 N–H and O–H groups in total. The van der Waals surface area contributed by atoms with E-state index in [2.05, 4.69) is 9.97 Å². The quantitative estimate of drug-likeness (QED) is 0.907. The highest BCUT2D eigenvalue weighted by Crippen LogP contribution is 2.20. The van der Waals surface area contributed by atoms with Gasteiger partial charge in [-0.3, -0.25) is 9.59 Å². The van der Waals surface area contributed by atoms with E-state index in [1.54, 1.807) is 35.4 Å². The molecular weight excluding hydrogens is 304 g/mol. The molecule has 2 aromatic rings. The second-order valence-electron chi connectivity index (χ2n) is 5.02. The summed E-state index contributed by atoms with van der Waals surface area (Å²) >= 11 is 5.92. The van der Waals surface area contributed by atoms with E-state index in [4.69, 9.17) is 17.3 Å². The highest BCUT2D eigenvalue weighted by molar-refractivity contribution is 6.30. The molecule has 1 aliphatic rings. The van der Waals surface area contributed by atoms with E-state index < -0.39 is 5.91 Å². The summed E-state index contributed by atoms with van der Waals surface area (Å²) in [6.45, 7) is 0.890. The fourth-order valence-corrected chi connectivity index (χ4v) is 2.59. The third-order valence-corrected chi connectivity index (χ3v) is 3.76. The van der Waals surface area contributed by atoms with Gasteiger partial charge in [0.1, 0.15) is 0 Å². The minimum atomic E-state index is -0.680. The molecule has 6 nitrogen and oxygen atoms in total. The largest absolute Gasteiger partial charge is 0.363 e. The number of halogens is 1. The number of hydrogen-bond donors (Lipinski definition) is 1. The molecule has 2 heterocycles. The lowest BCUT2D eigenvalue weighted by molar-refractivity contribution is 0.0731. The van der Waals surface area contributed by atoms with Crippen LogP contribution in [0.25, 0.3) is 0 Å². The maximum Gasteiger partial charge on any atom is 0.286 e. The van der Waals surface area contributed by atoms with Gasteiger partial charge >= 0.3 is 0 Å². The fourth-order valence-electron chi connectivity index (χ4n) is 2.40. The summed E-state index contributed by atoms with van der Waals surface area (Å²) in [6.07, 6.45) is 2.24. The molecule has 0 spiro atoms. The Balaban J connectivity index is 1.85. The minimum absolute atomic E-state index is 0.0317. The molecule has 1 aliphatic heterocycles. The Morgan fingerprint density at radius 2 is 2.14 bits per heavy atom. The van der Waals surface area contributed by atoms with E-state index in [1.165, 1.54) is 0 Å². The number of carbonyl (C=O) groups is 2. The van der Waals surface area contributed by atoms with Crippen molar-refractivity contribution in [1.82, 2.24) is 14.9 Å². The molecule has 0 atom stereocenters. The van der Waals surface area contributed by atoms with Crippen molar-refractivity contribution in [3.8, 4) is 0 Å². The molecule has 0 radical (unpaired) electrons. The standard InChI is InChI=1S/C15H13ClN4O2/c16-11-3-1-2-9(6-11)15(22)20-5-4-10-7-18-14(13(17)21)19-12(10)8-20/h1-3,6-7H,4-5,8H2,(H2,17,21). The Labute approximate surface area is 131 Å². The molecule has 112 valence electrons. The van der Waals surface area contributed by atoms with Crippen molar-refractivity contribution in [3.05, 3.63) is 58.1 Å². The van der Waals surface area contributed by atoms with Crippen molar-refractivity contribution in [3.63, 3.8) is 0 Å². The van der Waals surface area contributed by atoms with Crippen LogP contribution in [0.3, 0.4) is 0 Å². The number of fused-ring (bicyclic) bond motifs is 1. The number of aromatic nitrogens is 2. The number of carbonyl (C=O) groups excluding carboxylic acids is 2. The second-order valence-corrected chi connectivity index (χ2v) is 5.45. The van der Waals surface area contributed by atoms with Crippen molar-refractivity contribution < 1.29 is 9.59 Å². The summed E-state index contributed by atoms with van der Waals surface area (Å²) < 4.78 is 0. The Bertz CT molecular complexity index is 763. The zero-order valence-corrected chi connectivity index (χ0v) is 12.4. The van der Waals surface area contributed by atoms with Crippen LogP contribution >= 0.6 is 11.6 Å². The molecule has 1 aromatic carbocycles. The van der Waals surface area contributed by atoms with Gasteiger partial charge < -0.3 is 10.6 Å². The molecule has 3 rings (SSSR count). The fraction of sp³-hybridized carbons (Fsp3) is 0.200. The summed E-state index contributed by atoms with van der Waals surface area (Å²) in [5.41, 5.74) is 7.31. The van der Waals surface area contributed by atoms with E-state index >= 15 is 0 Å². The van der Waals surface area contributed by atoms with Gasteiger partial charge in [-0.05, 0) is 30.2 Å². The first-order valence-electron chi connectivity index (χ1n) is 6.74. The van der Waals surface area contributed by atoms with Crippen LogP contribution in [-0.4, -0.2) is 33.2 Å². The van der Waals surface area contributed by atoms with E-state index in [0.717, 1.165) is 5.56 Å². The highest BCUT2D eigenvalue weighted by atomic mass is 35.5. The van der Waals surface area contributed by atoms with Gasteiger partial charge in [0.15, 0.2) is 0 Å². The summed E-state index contributed by atoms with van der Waals surface area (Å²) in [4.78, 5) is 33.4. The van der Waals surface area contributed by atoms with Gasteiger partial charge in [0.05, 0.1) is 12.2 Å². The van der Waals surface area contributed by atoms with Gasteiger partial charge in [-0.25, -0.2) is 9.97 Å². The molecule has 0 saturated carbocycles.